The summed E-state index contributed by atoms with van der Waals surface area (Å²) in [6, 6.07) is 19.9. The number of rotatable bonds is 8. The molecule has 3 rings (SSSR count). The summed E-state index contributed by atoms with van der Waals surface area (Å²) in [7, 11) is 0. The van der Waals surface area contributed by atoms with E-state index in [9.17, 15) is 4.79 Å². The molecule has 0 radical (unpaired) electrons. The Hall–Kier alpha value is -2.38. The lowest BCUT2D eigenvalue weighted by Crippen LogP contribution is -2.31. The number of hydrogen-bond donors (Lipinski definition) is 1. The number of benzene rings is 2. The Labute approximate surface area is 161 Å². The van der Waals surface area contributed by atoms with E-state index in [1.54, 1.807) is 0 Å². The smallest absolute Gasteiger partial charge is 0.233 e. The first-order chi connectivity index (χ1) is 12.7. The quantitative estimate of drug-likeness (QED) is 0.583. The third-order valence-corrected chi connectivity index (χ3v) is 5.66. The standard InChI is InChI=1S/C19H20N4OS2/c1-2-23(13-15-9-5-3-6-10-15)17(24)14-25-19-22-21-18(26-19)20-16-11-7-4-8-12-16/h3-12H,2,13-14H2,1H3,(H,20,21). The van der Waals surface area contributed by atoms with E-state index in [1.165, 1.54) is 23.1 Å². The highest BCUT2D eigenvalue weighted by molar-refractivity contribution is 8.01. The van der Waals surface area contributed by atoms with Gasteiger partial charge >= 0.3 is 0 Å². The zero-order valence-corrected chi connectivity index (χ0v) is 16.1. The molecular weight excluding hydrogens is 364 g/mol. The summed E-state index contributed by atoms with van der Waals surface area (Å²) in [6.07, 6.45) is 0. The summed E-state index contributed by atoms with van der Waals surface area (Å²) >= 11 is 2.88. The van der Waals surface area contributed by atoms with Gasteiger partial charge in [-0.2, -0.15) is 0 Å². The van der Waals surface area contributed by atoms with E-state index < -0.39 is 0 Å². The number of aromatic nitrogens is 2. The molecule has 0 unspecified atom stereocenters. The second kappa shape index (κ2) is 9.35. The normalized spacial score (nSPS) is 10.5. The highest BCUT2D eigenvalue weighted by Gasteiger charge is 2.14. The lowest BCUT2D eigenvalue weighted by Gasteiger charge is -2.20. The monoisotopic (exact) mass is 384 g/mol. The van der Waals surface area contributed by atoms with Crippen molar-refractivity contribution >= 4 is 39.8 Å². The van der Waals surface area contributed by atoms with Crippen molar-refractivity contribution in [2.24, 2.45) is 0 Å². The first kappa shape index (κ1) is 18.4. The van der Waals surface area contributed by atoms with Crippen molar-refractivity contribution in [3.63, 3.8) is 0 Å². The minimum absolute atomic E-state index is 0.106. The van der Waals surface area contributed by atoms with Crippen molar-refractivity contribution in [3.05, 3.63) is 66.2 Å². The molecule has 7 heteroatoms. The van der Waals surface area contributed by atoms with Gasteiger partial charge < -0.3 is 10.2 Å². The number of nitrogens with one attached hydrogen (secondary N) is 1. The molecule has 134 valence electrons. The number of carbonyl (C=O) groups excluding carboxylic acids is 1. The lowest BCUT2D eigenvalue weighted by atomic mass is 10.2. The Morgan fingerprint density at radius 3 is 2.46 bits per heavy atom. The molecule has 0 fully saturated rings. The van der Waals surface area contributed by atoms with Gasteiger partial charge in [0.2, 0.25) is 11.0 Å². The minimum atomic E-state index is 0.106. The van der Waals surface area contributed by atoms with Gasteiger partial charge in [0.15, 0.2) is 4.34 Å². The SMILES string of the molecule is CCN(Cc1ccccc1)C(=O)CSc1nnc(Nc2ccccc2)s1. The van der Waals surface area contributed by atoms with Crippen LogP contribution in [0.5, 0.6) is 0 Å². The predicted molar refractivity (Wildman–Crippen MR) is 108 cm³/mol. The Morgan fingerprint density at radius 2 is 1.77 bits per heavy atom. The molecule has 1 aromatic heterocycles. The van der Waals surface area contributed by atoms with E-state index in [-0.39, 0.29) is 5.91 Å². The van der Waals surface area contributed by atoms with Gasteiger partial charge in [-0.3, -0.25) is 4.79 Å². The fraction of sp³-hybridized carbons (Fsp3) is 0.211. The topological polar surface area (TPSA) is 58.1 Å². The fourth-order valence-corrected chi connectivity index (χ4v) is 4.03. The van der Waals surface area contributed by atoms with Crippen LogP contribution < -0.4 is 5.32 Å². The van der Waals surface area contributed by atoms with Crippen LogP contribution in [-0.4, -0.2) is 33.3 Å². The molecule has 0 spiro atoms. The van der Waals surface area contributed by atoms with Crippen molar-refractivity contribution in [2.75, 3.05) is 17.6 Å². The summed E-state index contributed by atoms with van der Waals surface area (Å²) in [6.45, 7) is 3.32. The van der Waals surface area contributed by atoms with E-state index in [4.69, 9.17) is 0 Å². The van der Waals surface area contributed by atoms with Crippen LogP contribution in [0.2, 0.25) is 0 Å². The second-order valence-corrected chi connectivity index (χ2v) is 7.75. The highest BCUT2D eigenvalue weighted by atomic mass is 32.2. The van der Waals surface area contributed by atoms with Crippen molar-refractivity contribution in [2.45, 2.75) is 17.8 Å². The van der Waals surface area contributed by atoms with Gasteiger partial charge in [0.25, 0.3) is 0 Å². The Bertz CT molecular complexity index is 824. The molecule has 5 nitrogen and oxygen atoms in total. The van der Waals surface area contributed by atoms with Crippen molar-refractivity contribution in [1.82, 2.24) is 15.1 Å². The van der Waals surface area contributed by atoms with Crippen LogP contribution in [0, 0.1) is 0 Å². The fourth-order valence-electron chi connectivity index (χ4n) is 2.36. The van der Waals surface area contributed by atoms with Crippen molar-refractivity contribution in [1.29, 1.82) is 0 Å². The van der Waals surface area contributed by atoms with Crippen molar-refractivity contribution in [3.8, 4) is 0 Å². The number of nitrogens with zero attached hydrogens (tertiary/aromatic N) is 3. The molecule has 2 aromatic carbocycles. The molecule has 1 N–H and O–H groups in total. The maximum atomic E-state index is 12.5. The van der Waals surface area contributed by atoms with Crippen LogP contribution in [-0.2, 0) is 11.3 Å². The Balaban J connectivity index is 1.52. The third-order valence-electron chi connectivity index (χ3n) is 3.70. The number of anilines is 2. The van der Waals surface area contributed by atoms with Crippen LogP contribution in [0.1, 0.15) is 12.5 Å². The van der Waals surface area contributed by atoms with Crippen LogP contribution in [0.25, 0.3) is 0 Å². The Morgan fingerprint density at radius 1 is 1.08 bits per heavy atom. The summed E-state index contributed by atoms with van der Waals surface area (Å²) in [5.74, 6) is 0.467. The van der Waals surface area contributed by atoms with E-state index in [1.807, 2.05) is 72.5 Å². The van der Waals surface area contributed by atoms with E-state index in [2.05, 4.69) is 15.5 Å². The average Bonchev–Trinajstić information content (AvgIpc) is 3.13. The zero-order chi connectivity index (χ0) is 18.2. The number of amides is 1. The number of thioether (sulfide) groups is 1. The first-order valence-corrected chi connectivity index (χ1v) is 10.1. The maximum absolute atomic E-state index is 12.5. The number of carbonyl (C=O) groups is 1. The van der Waals surface area contributed by atoms with E-state index in [0.717, 1.165) is 20.7 Å². The summed E-state index contributed by atoms with van der Waals surface area (Å²) in [5.41, 5.74) is 2.11. The number of para-hydroxylation sites is 1. The lowest BCUT2D eigenvalue weighted by molar-refractivity contribution is -0.128. The van der Waals surface area contributed by atoms with Crippen LogP contribution >= 0.6 is 23.1 Å². The van der Waals surface area contributed by atoms with E-state index in [0.29, 0.717) is 18.8 Å². The van der Waals surface area contributed by atoms with Gasteiger partial charge in [0.1, 0.15) is 0 Å². The maximum Gasteiger partial charge on any atom is 0.233 e. The zero-order valence-electron chi connectivity index (χ0n) is 14.5. The van der Waals surface area contributed by atoms with E-state index >= 15 is 0 Å². The van der Waals surface area contributed by atoms with Gasteiger partial charge in [-0.1, -0.05) is 71.6 Å². The number of hydrogen-bond acceptors (Lipinski definition) is 6. The predicted octanol–water partition coefficient (Wildman–Crippen LogP) is 4.42. The van der Waals surface area contributed by atoms with Gasteiger partial charge in [-0.15, -0.1) is 10.2 Å². The average molecular weight is 385 g/mol. The summed E-state index contributed by atoms with van der Waals surface area (Å²) in [5, 5.41) is 12.2. The van der Waals surface area contributed by atoms with Crippen LogP contribution in [0.15, 0.2) is 65.0 Å². The first-order valence-electron chi connectivity index (χ1n) is 8.34. The molecule has 0 aliphatic heterocycles. The molecule has 1 heterocycles. The molecule has 0 aliphatic rings. The molecule has 0 saturated carbocycles. The molecule has 1 amide bonds. The van der Waals surface area contributed by atoms with Crippen molar-refractivity contribution < 1.29 is 4.79 Å². The molecule has 26 heavy (non-hydrogen) atoms. The van der Waals surface area contributed by atoms with Gasteiger partial charge in [-0.25, -0.2) is 0 Å². The second-order valence-electron chi connectivity index (χ2n) is 5.55. The molecule has 3 aromatic rings. The van der Waals surface area contributed by atoms with Gasteiger partial charge in [-0.05, 0) is 24.6 Å². The largest absolute Gasteiger partial charge is 0.338 e. The van der Waals surface area contributed by atoms with Crippen LogP contribution in [0.3, 0.4) is 0 Å². The molecule has 0 bridgehead atoms. The summed E-state index contributed by atoms with van der Waals surface area (Å²) in [4.78, 5) is 14.3. The summed E-state index contributed by atoms with van der Waals surface area (Å²) < 4.78 is 0.785. The van der Waals surface area contributed by atoms with Crippen LogP contribution in [0.4, 0.5) is 10.8 Å². The molecule has 0 atom stereocenters. The molecule has 0 aliphatic carbocycles. The molecule has 0 saturated heterocycles. The molecular formula is C19H20N4OS2. The third kappa shape index (κ3) is 5.31. The highest BCUT2D eigenvalue weighted by Crippen LogP contribution is 2.27. The Kier molecular flexibility index (Phi) is 6.62. The van der Waals surface area contributed by atoms with Gasteiger partial charge in [0.05, 0.1) is 5.75 Å². The van der Waals surface area contributed by atoms with Gasteiger partial charge in [0, 0.05) is 18.8 Å². The minimum Gasteiger partial charge on any atom is -0.338 e.